The van der Waals surface area contributed by atoms with Crippen molar-refractivity contribution in [3.8, 4) is 0 Å². The van der Waals surface area contributed by atoms with Gasteiger partial charge in [-0.3, -0.25) is 24.2 Å². The summed E-state index contributed by atoms with van der Waals surface area (Å²) in [6, 6.07) is 4.72. The molecule has 9 nitrogen and oxygen atoms in total. The number of carbonyl (C=O) groups is 1. The van der Waals surface area contributed by atoms with Crippen molar-refractivity contribution >= 4 is 16.9 Å². The number of rotatable bonds is 4. The average Bonchev–Trinajstić information content (AvgIpc) is 3.05. The summed E-state index contributed by atoms with van der Waals surface area (Å²) in [5, 5.41) is 9.11. The van der Waals surface area contributed by atoms with Gasteiger partial charge >= 0.3 is 5.69 Å². The fourth-order valence-corrected chi connectivity index (χ4v) is 2.05. The Morgan fingerprint density at radius 1 is 1.27 bits per heavy atom. The molecule has 0 saturated heterocycles. The van der Waals surface area contributed by atoms with E-state index < -0.39 is 11.2 Å². The van der Waals surface area contributed by atoms with Crippen molar-refractivity contribution in [1.29, 1.82) is 0 Å². The summed E-state index contributed by atoms with van der Waals surface area (Å²) in [7, 11) is 0. The zero-order valence-corrected chi connectivity index (χ0v) is 11.4. The van der Waals surface area contributed by atoms with E-state index in [2.05, 4.69) is 25.5 Å². The molecule has 1 amide bonds. The van der Waals surface area contributed by atoms with Crippen molar-refractivity contribution in [2.45, 2.75) is 6.54 Å². The van der Waals surface area contributed by atoms with E-state index in [0.717, 1.165) is 4.57 Å². The highest BCUT2D eigenvalue weighted by molar-refractivity contribution is 5.92. The first-order chi connectivity index (χ1) is 10.7. The van der Waals surface area contributed by atoms with Crippen LogP contribution in [0.2, 0.25) is 0 Å². The molecule has 3 rings (SSSR count). The summed E-state index contributed by atoms with van der Waals surface area (Å²) >= 11 is 0. The van der Waals surface area contributed by atoms with Crippen LogP contribution in [0, 0.1) is 0 Å². The number of hydrogen-bond acceptors (Lipinski definition) is 5. The Morgan fingerprint density at radius 3 is 2.91 bits per heavy atom. The van der Waals surface area contributed by atoms with Crippen LogP contribution in [0.5, 0.6) is 0 Å². The minimum absolute atomic E-state index is 0.0544. The molecule has 0 aliphatic carbocycles. The minimum atomic E-state index is -0.563. The number of aromatic nitrogens is 5. The van der Waals surface area contributed by atoms with Crippen LogP contribution in [-0.4, -0.2) is 37.2 Å². The Hall–Kier alpha value is -3.23. The van der Waals surface area contributed by atoms with E-state index in [1.54, 1.807) is 12.1 Å². The predicted octanol–water partition coefficient (Wildman–Crippen LogP) is -0.762. The van der Waals surface area contributed by atoms with E-state index in [0.29, 0.717) is 11.1 Å². The molecule has 0 radical (unpaired) electrons. The number of hydrogen-bond donors (Lipinski definition) is 3. The summed E-state index contributed by atoms with van der Waals surface area (Å²) in [5.74, 6) is -0.357. The number of pyridine rings is 1. The third-order valence-electron chi connectivity index (χ3n) is 3.12. The SMILES string of the molecule is O=C(NCCn1c(=O)[nH]c2ncccc2c1=O)c1ccn[nH]1. The number of carbonyl (C=O) groups excluding carboxylic acids is 1. The predicted molar refractivity (Wildman–Crippen MR) is 77.5 cm³/mol. The summed E-state index contributed by atoms with van der Waals surface area (Å²) in [6.07, 6.45) is 2.95. The number of nitrogens with one attached hydrogen (secondary N) is 3. The highest BCUT2D eigenvalue weighted by Gasteiger charge is 2.09. The number of aromatic amines is 2. The second-order valence-corrected chi connectivity index (χ2v) is 4.51. The van der Waals surface area contributed by atoms with Crippen molar-refractivity contribution < 1.29 is 4.79 Å². The van der Waals surface area contributed by atoms with Gasteiger partial charge in [0.05, 0.1) is 5.39 Å². The molecule has 0 saturated carbocycles. The number of H-pyrrole nitrogens is 2. The molecule has 3 heterocycles. The summed E-state index contributed by atoms with van der Waals surface area (Å²) in [5.41, 5.74) is -0.450. The van der Waals surface area contributed by atoms with Crippen molar-refractivity contribution in [2.24, 2.45) is 0 Å². The Labute approximate surface area is 123 Å². The van der Waals surface area contributed by atoms with Gasteiger partial charge in [-0.05, 0) is 18.2 Å². The molecule has 0 aliphatic rings. The molecule has 0 spiro atoms. The van der Waals surface area contributed by atoms with Crippen LogP contribution in [0.25, 0.3) is 11.0 Å². The molecule has 3 N–H and O–H groups in total. The van der Waals surface area contributed by atoms with E-state index >= 15 is 0 Å². The quantitative estimate of drug-likeness (QED) is 0.584. The smallest absolute Gasteiger partial charge is 0.330 e. The van der Waals surface area contributed by atoms with Gasteiger partial charge in [0.1, 0.15) is 11.3 Å². The first kappa shape index (κ1) is 13.7. The highest BCUT2D eigenvalue weighted by Crippen LogP contribution is 1.98. The lowest BCUT2D eigenvalue weighted by atomic mass is 10.3. The lowest BCUT2D eigenvalue weighted by Crippen LogP contribution is -2.39. The average molecular weight is 300 g/mol. The monoisotopic (exact) mass is 300 g/mol. The van der Waals surface area contributed by atoms with Crippen LogP contribution in [0.3, 0.4) is 0 Å². The van der Waals surface area contributed by atoms with Crippen LogP contribution in [0.4, 0.5) is 0 Å². The number of nitrogens with zero attached hydrogens (tertiary/aromatic N) is 3. The molecule has 3 aromatic rings. The van der Waals surface area contributed by atoms with Crippen LogP contribution in [0.15, 0.2) is 40.2 Å². The Balaban J connectivity index is 1.78. The third-order valence-corrected chi connectivity index (χ3v) is 3.12. The zero-order chi connectivity index (χ0) is 15.5. The van der Waals surface area contributed by atoms with Crippen molar-refractivity contribution in [2.75, 3.05) is 6.54 Å². The standard InChI is InChI=1S/C13H12N6O3/c20-11(9-3-5-16-18-9)15-6-7-19-12(21)8-2-1-4-14-10(8)17-13(19)22/h1-5H,6-7H2,(H,15,20)(H,16,18)(H,14,17,22). The number of fused-ring (bicyclic) bond motifs is 1. The fourth-order valence-electron chi connectivity index (χ4n) is 2.05. The maximum atomic E-state index is 12.2. The van der Waals surface area contributed by atoms with E-state index in [1.807, 2.05) is 0 Å². The van der Waals surface area contributed by atoms with Crippen LogP contribution >= 0.6 is 0 Å². The molecule has 0 unspecified atom stereocenters. The Morgan fingerprint density at radius 2 is 2.14 bits per heavy atom. The van der Waals surface area contributed by atoms with Gasteiger partial charge in [-0.25, -0.2) is 9.78 Å². The second-order valence-electron chi connectivity index (χ2n) is 4.51. The number of amides is 1. The van der Waals surface area contributed by atoms with Gasteiger partial charge in [0.15, 0.2) is 0 Å². The van der Waals surface area contributed by atoms with Crippen molar-refractivity contribution in [1.82, 2.24) is 30.0 Å². The van der Waals surface area contributed by atoms with Crippen molar-refractivity contribution in [3.63, 3.8) is 0 Å². The molecule has 9 heteroatoms. The van der Waals surface area contributed by atoms with E-state index in [9.17, 15) is 14.4 Å². The maximum absolute atomic E-state index is 12.2. The molecular formula is C13H12N6O3. The molecular weight excluding hydrogens is 288 g/mol. The van der Waals surface area contributed by atoms with Gasteiger partial charge in [0.25, 0.3) is 11.5 Å². The second kappa shape index (κ2) is 5.64. The Bertz CT molecular complexity index is 925. The lowest BCUT2D eigenvalue weighted by Gasteiger charge is -2.07. The summed E-state index contributed by atoms with van der Waals surface area (Å²) in [4.78, 5) is 42.3. The van der Waals surface area contributed by atoms with Crippen LogP contribution < -0.4 is 16.6 Å². The van der Waals surface area contributed by atoms with E-state index in [-0.39, 0.29) is 24.6 Å². The highest BCUT2D eigenvalue weighted by atomic mass is 16.2. The molecule has 0 fully saturated rings. The van der Waals surface area contributed by atoms with E-state index in [4.69, 9.17) is 0 Å². The summed E-state index contributed by atoms with van der Waals surface area (Å²) < 4.78 is 1.03. The molecule has 0 bridgehead atoms. The normalized spacial score (nSPS) is 10.7. The van der Waals surface area contributed by atoms with Crippen LogP contribution in [-0.2, 0) is 6.54 Å². The van der Waals surface area contributed by atoms with Gasteiger partial charge in [0, 0.05) is 25.5 Å². The van der Waals surface area contributed by atoms with Gasteiger partial charge in [-0.2, -0.15) is 5.10 Å². The van der Waals surface area contributed by atoms with Gasteiger partial charge in [0.2, 0.25) is 0 Å². The first-order valence-corrected chi connectivity index (χ1v) is 6.52. The van der Waals surface area contributed by atoms with E-state index in [1.165, 1.54) is 18.5 Å². The zero-order valence-electron chi connectivity index (χ0n) is 11.4. The van der Waals surface area contributed by atoms with Crippen LogP contribution in [0.1, 0.15) is 10.5 Å². The third kappa shape index (κ3) is 2.51. The first-order valence-electron chi connectivity index (χ1n) is 6.52. The Kier molecular flexibility index (Phi) is 3.52. The maximum Gasteiger partial charge on any atom is 0.330 e. The minimum Gasteiger partial charge on any atom is -0.349 e. The van der Waals surface area contributed by atoms with Gasteiger partial charge in [-0.1, -0.05) is 0 Å². The largest absolute Gasteiger partial charge is 0.349 e. The molecule has 3 aromatic heterocycles. The molecule has 0 aliphatic heterocycles. The van der Waals surface area contributed by atoms with Gasteiger partial charge < -0.3 is 5.32 Å². The molecule has 0 atom stereocenters. The summed E-state index contributed by atoms with van der Waals surface area (Å²) in [6.45, 7) is 0.186. The van der Waals surface area contributed by atoms with Crippen molar-refractivity contribution in [3.05, 3.63) is 57.1 Å². The lowest BCUT2D eigenvalue weighted by molar-refractivity contribution is 0.0947. The van der Waals surface area contributed by atoms with Gasteiger partial charge in [-0.15, -0.1) is 0 Å². The fraction of sp³-hybridized carbons (Fsp3) is 0.154. The molecule has 112 valence electrons. The molecule has 22 heavy (non-hydrogen) atoms. The topological polar surface area (TPSA) is 126 Å². The molecule has 0 aromatic carbocycles.